The molecule has 0 aliphatic carbocycles. The van der Waals surface area contributed by atoms with Crippen LogP contribution >= 0.6 is 0 Å². The van der Waals surface area contributed by atoms with Gasteiger partial charge in [0.05, 0.1) is 0 Å². The predicted octanol–water partition coefficient (Wildman–Crippen LogP) is 3.09. The first-order valence-corrected chi connectivity index (χ1v) is 6.44. The van der Waals surface area contributed by atoms with E-state index in [1.807, 2.05) is 0 Å². The van der Waals surface area contributed by atoms with E-state index in [4.69, 9.17) is 5.73 Å². The molecule has 0 saturated carbocycles. The lowest BCUT2D eigenvalue weighted by Gasteiger charge is -2.29. The Morgan fingerprint density at radius 3 is 2.44 bits per heavy atom. The van der Waals surface area contributed by atoms with Crippen molar-refractivity contribution in [2.75, 3.05) is 13.1 Å². The molecule has 2 N–H and O–H groups in total. The second-order valence-electron chi connectivity index (χ2n) is 4.62. The number of rotatable bonds is 6. The summed E-state index contributed by atoms with van der Waals surface area (Å²) in [4.78, 5) is 2.20. The second-order valence-corrected chi connectivity index (χ2v) is 4.62. The molecule has 0 radical (unpaired) electrons. The summed E-state index contributed by atoms with van der Waals surface area (Å²) in [5, 5.41) is 0. The number of nitrogens with zero attached hydrogens (tertiary/aromatic N) is 1. The van der Waals surface area contributed by atoms with Gasteiger partial charge in [-0.25, -0.2) is 8.78 Å². The quantitative estimate of drug-likeness (QED) is 0.847. The van der Waals surface area contributed by atoms with Gasteiger partial charge in [-0.05, 0) is 26.0 Å². The molecule has 1 aromatic carbocycles. The fourth-order valence-corrected chi connectivity index (χ4v) is 2.03. The average Bonchev–Trinajstić information content (AvgIpc) is 2.34. The van der Waals surface area contributed by atoms with E-state index in [-0.39, 0.29) is 0 Å². The molecule has 0 saturated heterocycles. The molecule has 4 heteroatoms. The SMILES string of the molecule is CCC(C)N(CC)CC(N)c1ccc(F)cc1F. The van der Waals surface area contributed by atoms with E-state index in [9.17, 15) is 8.78 Å². The van der Waals surface area contributed by atoms with Crippen LogP contribution in [-0.2, 0) is 0 Å². The van der Waals surface area contributed by atoms with Crippen molar-refractivity contribution in [2.45, 2.75) is 39.3 Å². The topological polar surface area (TPSA) is 29.3 Å². The first-order valence-electron chi connectivity index (χ1n) is 6.44. The minimum Gasteiger partial charge on any atom is -0.323 e. The van der Waals surface area contributed by atoms with E-state index in [0.717, 1.165) is 19.0 Å². The van der Waals surface area contributed by atoms with Gasteiger partial charge in [-0.1, -0.05) is 19.9 Å². The van der Waals surface area contributed by atoms with Crippen LogP contribution in [0.4, 0.5) is 8.78 Å². The zero-order chi connectivity index (χ0) is 13.7. The van der Waals surface area contributed by atoms with Crippen LogP contribution in [0.25, 0.3) is 0 Å². The van der Waals surface area contributed by atoms with Gasteiger partial charge in [0.1, 0.15) is 11.6 Å². The first-order chi connectivity index (χ1) is 8.49. The number of hydrogen-bond acceptors (Lipinski definition) is 2. The Balaban J connectivity index is 2.77. The molecule has 2 unspecified atom stereocenters. The van der Waals surface area contributed by atoms with Crippen molar-refractivity contribution < 1.29 is 8.78 Å². The molecule has 1 rings (SSSR count). The van der Waals surface area contributed by atoms with E-state index in [0.29, 0.717) is 18.2 Å². The minimum atomic E-state index is -0.572. The number of likely N-dealkylation sites (N-methyl/N-ethyl adjacent to an activating group) is 1. The summed E-state index contributed by atoms with van der Waals surface area (Å²) in [5.74, 6) is -1.14. The third-order valence-corrected chi connectivity index (χ3v) is 3.41. The molecule has 18 heavy (non-hydrogen) atoms. The highest BCUT2D eigenvalue weighted by Crippen LogP contribution is 2.18. The Bertz CT molecular complexity index is 382. The number of halogens is 2. The Labute approximate surface area is 108 Å². The van der Waals surface area contributed by atoms with Crippen LogP contribution in [0.5, 0.6) is 0 Å². The Morgan fingerprint density at radius 1 is 1.28 bits per heavy atom. The fourth-order valence-electron chi connectivity index (χ4n) is 2.03. The van der Waals surface area contributed by atoms with Crippen LogP contribution in [0.2, 0.25) is 0 Å². The van der Waals surface area contributed by atoms with E-state index in [1.54, 1.807) is 0 Å². The van der Waals surface area contributed by atoms with E-state index >= 15 is 0 Å². The normalized spacial score (nSPS) is 14.8. The Kier molecular flexibility index (Phi) is 5.69. The van der Waals surface area contributed by atoms with Gasteiger partial charge in [0.15, 0.2) is 0 Å². The molecule has 0 fully saturated rings. The molecular formula is C14H22F2N2. The molecule has 0 aliphatic rings. The van der Waals surface area contributed by atoms with Gasteiger partial charge in [-0.2, -0.15) is 0 Å². The van der Waals surface area contributed by atoms with Crippen molar-refractivity contribution in [3.05, 3.63) is 35.4 Å². The molecule has 0 spiro atoms. The number of nitrogens with two attached hydrogens (primary N) is 1. The highest BCUT2D eigenvalue weighted by atomic mass is 19.1. The largest absolute Gasteiger partial charge is 0.323 e. The number of benzene rings is 1. The maximum Gasteiger partial charge on any atom is 0.130 e. The molecule has 0 amide bonds. The second kappa shape index (κ2) is 6.81. The molecule has 2 atom stereocenters. The molecule has 0 aliphatic heterocycles. The van der Waals surface area contributed by atoms with Gasteiger partial charge in [-0.15, -0.1) is 0 Å². The summed E-state index contributed by atoms with van der Waals surface area (Å²) >= 11 is 0. The molecule has 2 nitrogen and oxygen atoms in total. The average molecular weight is 256 g/mol. The molecule has 0 heterocycles. The van der Waals surface area contributed by atoms with Gasteiger partial charge in [0, 0.05) is 30.3 Å². The monoisotopic (exact) mass is 256 g/mol. The summed E-state index contributed by atoms with van der Waals surface area (Å²) in [5.41, 5.74) is 6.38. The van der Waals surface area contributed by atoms with Crippen LogP contribution in [0.15, 0.2) is 18.2 Å². The smallest absolute Gasteiger partial charge is 0.130 e. The van der Waals surface area contributed by atoms with Gasteiger partial charge in [0.2, 0.25) is 0 Å². The third kappa shape index (κ3) is 3.75. The zero-order valence-electron chi connectivity index (χ0n) is 11.3. The summed E-state index contributed by atoms with van der Waals surface area (Å²) in [6.07, 6.45) is 1.02. The van der Waals surface area contributed by atoms with Crippen molar-refractivity contribution in [2.24, 2.45) is 5.73 Å². The summed E-state index contributed by atoms with van der Waals surface area (Å²) in [6.45, 7) is 7.73. The Hall–Kier alpha value is -1.00. The van der Waals surface area contributed by atoms with E-state index < -0.39 is 17.7 Å². The molecule has 0 aromatic heterocycles. The zero-order valence-corrected chi connectivity index (χ0v) is 11.3. The van der Waals surface area contributed by atoms with Crippen LogP contribution in [0.1, 0.15) is 38.8 Å². The van der Waals surface area contributed by atoms with E-state index in [1.165, 1.54) is 12.1 Å². The molecule has 102 valence electrons. The van der Waals surface area contributed by atoms with Crippen molar-refractivity contribution >= 4 is 0 Å². The van der Waals surface area contributed by atoms with Crippen molar-refractivity contribution in [3.63, 3.8) is 0 Å². The van der Waals surface area contributed by atoms with Crippen molar-refractivity contribution in [1.82, 2.24) is 4.90 Å². The van der Waals surface area contributed by atoms with Gasteiger partial charge in [-0.3, -0.25) is 4.90 Å². The third-order valence-electron chi connectivity index (χ3n) is 3.41. The maximum atomic E-state index is 13.6. The molecular weight excluding hydrogens is 234 g/mol. The maximum absolute atomic E-state index is 13.6. The van der Waals surface area contributed by atoms with Crippen LogP contribution in [0.3, 0.4) is 0 Å². The number of hydrogen-bond donors (Lipinski definition) is 1. The predicted molar refractivity (Wildman–Crippen MR) is 70.3 cm³/mol. The van der Waals surface area contributed by atoms with Crippen molar-refractivity contribution in [3.8, 4) is 0 Å². The van der Waals surface area contributed by atoms with Gasteiger partial charge < -0.3 is 5.73 Å². The summed E-state index contributed by atoms with van der Waals surface area (Å²) < 4.78 is 26.4. The van der Waals surface area contributed by atoms with Crippen molar-refractivity contribution in [1.29, 1.82) is 0 Å². The Morgan fingerprint density at radius 2 is 1.94 bits per heavy atom. The van der Waals surface area contributed by atoms with E-state index in [2.05, 4.69) is 25.7 Å². The van der Waals surface area contributed by atoms with Gasteiger partial charge in [0.25, 0.3) is 0 Å². The first kappa shape index (κ1) is 15.1. The van der Waals surface area contributed by atoms with Crippen LogP contribution in [-0.4, -0.2) is 24.0 Å². The lowest BCUT2D eigenvalue weighted by molar-refractivity contribution is 0.201. The van der Waals surface area contributed by atoms with Crippen LogP contribution < -0.4 is 5.73 Å². The highest BCUT2D eigenvalue weighted by molar-refractivity contribution is 5.22. The molecule has 1 aromatic rings. The van der Waals surface area contributed by atoms with Crippen LogP contribution in [0, 0.1) is 11.6 Å². The summed E-state index contributed by atoms with van der Waals surface area (Å²) in [6, 6.07) is 3.54. The van der Waals surface area contributed by atoms with Gasteiger partial charge >= 0.3 is 0 Å². The lowest BCUT2D eigenvalue weighted by Crippen LogP contribution is -2.38. The standard InChI is InChI=1S/C14H22F2N2/c1-4-10(3)18(5-2)9-14(17)12-7-6-11(15)8-13(12)16/h6-8,10,14H,4-5,9,17H2,1-3H3. The molecule has 0 bridgehead atoms. The lowest BCUT2D eigenvalue weighted by atomic mass is 10.1. The summed E-state index contributed by atoms with van der Waals surface area (Å²) in [7, 11) is 0. The highest BCUT2D eigenvalue weighted by Gasteiger charge is 2.18. The fraction of sp³-hybridized carbons (Fsp3) is 0.571. The minimum absolute atomic E-state index is 0.373.